The van der Waals surface area contributed by atoms with Gasteiger partial charge in [-0.3, -0.25) is 4.79 Å². The molecule has 5 nitrogen and oxygen atoms in total. The fraction of sp³-hybridized carbons (Fsp3) is 0.458. The average Bonchev–Trinajstić information content (AvgIpc) is 2.68. The molecule has 0 radical (unpaired) electrons. The molecule has 0 unspecified atom stereocenters. The van der Waals surface area contributed by atoms with Crippen LogP contribution < -0.4 is 10.6 Å². The number of rotatable bonds is 9. The van der Waals surface area contributed by atoms with E-state index in [9.17, 15) is 13.2 Å². The van der Waals surface area contributed by atoms with Gasteiger partial charge in [-0.05, 0) is 54.0 Å². The van der Waals surface area contributed by atoms with Gasteiger partial charge in [0.15, 0.2) is 9.84 Å². The third-order valence-electron chi connectivity index (χ3n) is 5.54. The van der Waals surface area contributed by atoms with Crippen LogP contribution in [0.5, 0.6) is 0 Å². The second-order valence-corrected chi connectivity index (χ2v) is 10.4. The highest BCUT2D eigenvalue weighted by molar-refractivity contribution is 7.90. The number of aryl methyl sites for hydroxylation is 1. The highest BCUT2D eigenvalue weighted by atomic mass is 32.2. The van der Waals surface area contributed by atoms with Crippen LogP contribution >= 0.6 is 0 Å². The van der Waals surface area contributed by atoms with E-state index in [1.807, 2.05) is 6.92 Å². The molecule has 1 amide bonds. The van der Waals surface area contributed by atoms with Crippen molar-refractivity contribution in [2.24, 2.45) is 5.92 Å². The molecule has 0 bridgehead atoms. The first kappa shape index (κ1) is 24.1. The summed E-state index contributed by atoms with van der Waals surface area (Å²) in [6.45, 7) is 10.6. The van der Waals surface area contributed by atoms with Crippen LogP contribution in [0.4, 0.5) is 5.69 Å². The van der Waals surface area contributed by atoms with Crippen molar-refractivity contribution in [1.29, 1.82) is 0 Å². The molecule has 0 aliphatic carbocycles. The topological polar surface area (TPSA) is 75.3 Å². The molecule has 164 valence electrons. The molecule has 2 aromatic rings. The molecule has 0 aliphatic rings. The van der Waals surface area contributed by atoms with Gasteiger partial charge in [-0.15, -0.1) is 0 Å². The van der Waals surface area contributed by atoms with Gasteiger partial charge in [0.05, 0.1) is 11.4 Å². The molecule has 2 atom stereocenters. The van der Waals surface area contributed by atoms with Crippen molar-refractivity contribution < 1.29 is 13.2 Å². The molecule has 0 aliphatic heterocycles. The maximum absolute atomic E-state index is 12.5. The largest absolute Gasteiger partial charge is 0.325 e. The predicted molar refractivity (Wildman–Crippen MR) is 124 cm³/mol. The van der Waals surface area contributed by atoms with E-state index in [4.69, 9.17) is 0 Å². The molecular weight excluding hydrogens is 396 g/mol. The maximum atomic E-state index is 12.5. The first-order valence-corrected chi connectivity index (χ1v) is 12.4. The van der Waals surface area contributed by atoms with E-state index < -0.39 is 9.84 Å². The lowest BCUT2D eigenvalue weighted by Crippen LogP contribution is -2.33. The Morgan fingerprint density at radius 1 is 1.00 bits per heavy atom. The van der Waals surface area contributed by atoms with Gasteiger partial charge in [0.1, 0.15) is 0 Å². The third-order valence-corrected chi connectivity index (χ3v) is 6.65. The first-order chi connectivity index (χ1) is 14.0. The van der Waals surface area contributed by atoms with Crippen molar-refractivity contribution in [2.45, 2.75) is 57.9 Å². The van der Waals surface area contributed by atoms with Gasteiger partial charge in [-0.1, -0.05) is 58.0 Å². The minimum absolute atomic E-state index is 0.0465. The number of anilines is 1. The number of hydrogen-bond donors (Lipinski definition) is 2. The van der Waals surface area contributed by atoms with Crippen LogP contribution in [0.25, 0.3) is 0 Å². The number of hydrogen-bond acceptors (Lipinski definition) is 4. The Hall–Kier alpha value is -2.18. The summed E-state index contributed by atoms with van der Waals surface area (Å²) in [5, 5.41) is 6.19. The molecule has 2 rings (SSSR count). The molecule has 0 aromatic heterocycles. The Morgan fingerprint density at radius 2 is 1.60 bits per heavy atom. The van der Waals surface area contributed by atoms with Crippen LogP contribution in [0.1, 0.15) is 62.8 Å². The van der Waals surface area contributed by atoms with Gasteiger partial charge < -0.3 is 10.6 Å². The Kier molecular flexibility index (Phi) is 8.21. The molecule has 0 heterocycles. The lowest BCUT2D eigenvalue weighted by Gasteiger charge is -2.23. The van der Waals surface area contributed by atoms with Crippen molar-refractivity contribution in [2.75, 3.05) is 18.1 Å². The van der Waals surface area contributed by atoms with Gasteiger partial charge in [0.25, 0.3) is 0 Å². The van der Waals surface area contributed by atoms with Gasteiger partial charge in [-0.2, -0.15) is 0 Å². The molecule has 6 heteroatoms. The van der Waals surface area contributed by atoms with Crippen LogP contribution in [0.3, 0.4) is 0 Å². The zero-order valence-corrected chi connectivity index (χ0v) is 19.6. The van der Waals surface area contributed by atoms with E-state index in [0.717, 1.165) is 23.8 Å². The predicted octanol–water partition coefficient (Wildman–Crippen LogP) is 4.84. The molecular formula is C24H34N2O3S. The average molecular weight is 431 g/mol. The van der Waals surface area contributed by atoms with Crippen molar-refractivity contribution in [3.8, 4) is 0 Å². The second kappa shape index (κ2) is 10.2. The fourth-order valence-corrected chi connectivity index (χ4v) is 4.02. The van der Waals surface area contributed by atoms with Crippen LogP contribution in [-0.2, 0) is 14.6 Å². The fourth-order valence-electron chi connectivity index (χ4n) is 3.37. The van der Waals surface area contributed by atoms with Crippen molar-refractivity contribution >= 4 is 21.4 Å². The van der Waals surface area contributed by atoms with Crippen LogP contribution in [-0.4, -0.2) is 27.1 Å². The van der Waals surface area contributed by atoms with Crippen molar-refractivity contribution in [3.05, 3.63) is 59.2 Å². The maximum Gasteiger partial charge on any atom is 0.238 e. The number of nitrogens with one attached hydrogen (secondary N) is 2. The quantitative estimate of drug-likeness (QED) is 0.597. The molecule has 2 N–H and O–H groups in total. The summed E-state index contributed by atoms with van der Waals surface area (Å²) in [6.07, 6.45) is 2.26. The Balaban J connectivity index is 2.07. The number of sulfone groups is 1. The Bertz CT molecular complexity index is 966. The minimum atomic E-state index is -3.33. The van der Waals surface area contributed by atoms with E-state index in [-0.39, 0.29) is 23.4 Å². The Labute approximate surface area is 181 Å². The lowest BCUT2D eigenvalue weighted by molar-refractivity contribution is -0.115. The summed E-state index contributed by atoms with van der Waals surface area (Å²) in [6, 6.07) is 13.4. The lowest BCUT2D eigenvalue weighted by atomic mass is 9.92. The standard InChI is InChI=1S/C24H34N2O3S/c1-7-17(4)19-9-11-20(12-10-19)24(16(2)3)25-15-23(27)26-22-14-21(30(6,28)29)13-8-18(22)5/h8-14,16-17,24-25H,7,15H2,1-6H3,(H,26,27)/t17-,24+/m1/s1. The number of benzene rings is 2. The van der Waals surface area contributed by atoms with Crippen molar-refractivity contribution in [3.63, 3.8) is 0 Å². The molecule has 0 spiro atoms. The summed E-state index contributed by atoms with van der Waals surface area (Å²) >= 11 is 0. The molecule has 0 saturated carbocycles. The van der Waals surface area contributed by atoms with Crippen LogP contribution in [0, 0.1) is 12.8 Å². The van der Waals surface area contributed by atoms with Gasteiger partial charge in [0.2, 0.25) is 5.91 Å². The normalized spacial score (nSPS) is 13.8. The molecule has 2 aromatic carbocycles. The third kappa shape index (κ3) is 6.41. The van der Waals surface area contributed by atoms with Gasteiger partial charge in [-0.25, -0.2) is 8.42 Å². The highest BCUT2D eigenvalue weighted by Crippen LogP contribution is 2.25. The summed E-state index contributed by atoms with van der Waals surface area (Å²) in [7, 11) is -3.33. The summed E-state index contributed by atoms with van der Waals surface area (Å²) < 4.78 is 23.6. The van der Waals surface area contributed by atoms with Crippen LogP contribution in [0.2, 0.25) is 0 Å². The first-order valence-electron chi connectivity index (χ1n) is 10.5. The number of carbonyl (C=O) groups is 1. The van der Waals surface area contributed by atoms with E-state index in [0.29, 0.717) is 17.5 Å². The minimum Gasteiger partial charge on any atom is -0.325 e. The zero-order valence-electron chi connectivity index (χ0n) is 18.8. The SMILES string of the molecule is CC[C@@H](C)c1ccc([C@@H](NCC(=O)Nc2cc(S(C)(=O)=O)ccc2C)C(C)C)cc1. The molecule has 0 fully saturated rings. The van der Waals surface area contributed by atoms with E-state index in [1.165, 1.54) is 11.6 Å². The molecule has 0 saturated heterocycles. The van der Waals surface area contributed by atoms with Crippen molar-refractivity contribution in [1.82, 2.24) is 5.32 Å². The monoisotopic (exact) mass is 430 g/mol. The van der Waals surface area contributed by atoms with E-state index in [1.54, 1.807) is 12.1 Å². The van der Waals surface area contributed by atoms with Gasteiger partial charge in [0, 0.05) is 18.0 Å². The van der Waals surface area contributed by atoms with Gasteiger partial charge >= 0.3 is 0 Å². The molecule has 30 heavy (non-hydrogen) atoms. The Morgan fingerprint density at radius 3 is 2.13 bits per heavy atom. The van der Waals surface area contributed by atoms with E-state index >= 15 is 0 Å². The van der Waals surface area contributed by atoms with Crippen LogP contribution in [0.15, 0.2) is 47.4 Å². The number of carbonyl (C=O) groups excluding carboxylic acids is 1. The van der Waals surface area contributed by atoms with E-state index in [2.05, 4.69) is 62.6 Å². The zero-order chi connectivity index (χ0) is 22.5. The number of amides is 1. The summed E-state index contributed by atoms with van der Waals surface area (Å²) in [5.41, 5.74) is 3.81. The smallest absolute Gasteiger partial charge is 0.238 e. The summed E-state index contributed by atoms with van der Waals surface area (Å²) in [4.78, 5) is 12.7. The second-order valence-electron chi connectivity index (χ2n) is 8.38. The summed E-state index contributed by atoms with van der Waals surface area (Å²) in [5.74, 6) is 0.634. The highest BCUT2D eigenvalue weighted by Gasteiger charge is 2.18.